The Bertz CT molecular complexity index is 932. The first-order chi connectivity index (χ1) is 13.3. The minimum atomic E-state index is 0.760. The third-order valence-corrected chi connectivity index (χ3v) is 5.41. The van der Waals surface area contributed by atoms with E-state index in [4.69, 9.17) is 9.72 Å². The van der Waals surface area contributed by atoms with Crippen LogP contribution in [0.5, 0.6) is 5.75 Å². The molecule has 142 valence electrons. The number of aromatic nitrogens is 1. The molecule has 0 aliphatic carbocycles. The van der Waals surface area contributed by atoms with Crippen LogP contribution in [0.3, 0.4) is 0 Å². The SMILES string of the molecule is CCNc1c2ccccc2nc2cc(OCCCN3CCCC3)c(C)cc12. The van der Waals surface area contributed by atoms with E-state index in [0.717, 1.165) is 48.3 Å². The molecule has 1 fully saturated rings. The van der Waals surface area contributed by atoms with Crippen LogP contribution >= 0.6 is 0 Å². The van der Waals surface area contributed by atoms with Crippen molar-refractivity contribution in [1.29, 1.82) is 0 Å². The van der Waals surface area contributed by atoms with Crippen molar-refractivity contribution in [3.05, 3.63) is 42.0 Å². The molecular formula is C23H29N3O. The van der Waals surface area contributed by atoms with Gasteiger partial charge in [0.2, 0.25) is 0 Å². The Labute approximate surface area is 161 Å². The molecule has 4 rings (SSSR count). The average molecular weight is 364 g/mol. The summed E-state index contributed by atoms with van der Waals surface area (Å²) in [5.41, 5.74) is 4.34. The zero-order valence-corrected chi connectivity index (χ0v) is 16.4. The monoisotopic (exact) mass is 363 g/mol. The van der Waals surface area contributed by atoms with Crippen LogP contribution in [0.25, 0.3) is 21.8 Å². The fourth-order valence-electron chi connectivity index (χ4n) is 4.03. The van der Waals surface area contributed by atoms with E-state index in [0.29, 0.717) is 0 Å². The van der Waals surface area contributed by atoms with Crippen molar-refractivity contribution in [1.82, 2.24) is 9.88 Å². The quantitative estimate of drug-likeness (QED) is 0.474. The maximum Gasteiger partial charge on any atom is 0.124 e. The summed E-state index contributed by atoms with van der Waals surface area (Å²) in [7, 11) is 0. The maximum absolute atomic E-state index is 6.13. The second-order valence-corrected chi connectivity index (χ2v) is 7.42. The lowest BCUT2D eigenvalue weighted by Gasteiger charge is -2.16. The Morgan fingerprint density at radius 1 is 1.07 bits per heavy atom. The van der Waals surface area contributed by atoms with Gasteiger partial charge >= 0.3 is 0 Å². The van der Waals surface area contributed by atoms with E-state index in [1.54, 1.807) is 0 Å². The van der Waals surface area contributed by atoms with Crippen LogP contribution in [0.15, 0.2) is 36.4 Å². The van der Waals surface area contributed by atoms with E-state index < -0.39 is 0 Å². The summed E-state index contributed by atoms with van der Waals surface area (Å²) in [5, 5.41) is 5.87. The number of rotatable bonds is 7. The molecule has 0 saturated carbocycles. The molecule has 27 heavy (non-hydrogen) atoms. The fourth-order valence-corrected chi connectivity index (χ4v) is 4.03. The van der Waals surface area contributed by atoms with Gasteiger partial charge in [-0.1, -0.05) is 18.2 Å². The summed E-state index contributed by atoms with van der Waals surface area (Å²) in [6.07, 6.45) is 3.77. The van der Waals surface area contributed by atoms with Crippen molar-refractivity contribution < 1.29 is 4.74 Å². The van der Waals surface area contributed by atoms with Crippen LogP contribution in [0, 0.1) is 6.92 Å². The first-order valence-corrected chi connectivity index (χ1v) is 10.2. The van der Waals surface area contributed by atoms with Crippen molar-refractivity contribution in [3.8, 4) is 5.75 Å². The van der Waals surface area contributed by atoms with E-state index in [9.17, 15) is 0 Å². The zero-order valence-electron chi connectivity index (χ0n) is 16.4. The number of pyridine rings is 1. The lowest BCUT2D eigenvalue weighted by Crippen LogP contribution is -2.21. The lowest BCUT2D eigenvalue weighted by molar-refractivity contribution is 0.262. The molecule has 0 amide bonds. The number of hydrogen-bond donors (Lipinski definition) is 1. The minimum absolute atomic E-state index is 0.760. The summed E-state index contributed by atoms with van der Waals surface area (Å²) < 4.78 is 6.13. The lowest BCUT2D eigenvalue weighted by atomic mass is 10.0. The summed E-state index contributed by atoms with van der Waals surface area (Å²) in [4.78, 5) is 7.42. The van der Waals surface area contributed by atoms with Crippen LogP contribution in [0.2, 0.25) is 0 Å². The van der Waals surface area contributed by atoms with Crippen LogP contribution in [0.4, 0.5) is 5.69 Å². The molecule has 1 aliphatic rings. The average Bonchev–Trinajstić information content (AvgIpc) is 3.19. The van der Waals surface area contributed by atoms with Gasteiger partial charge in [0, 0.05) is 29.9 Å². The number of benzene rings is 2. The first kappa shape index (κ1) is 18.1. The van der Waals surface area contributed by atoms with E-state index in [2.05, 4.69) is 54.4 Å². The smallest absolute Gasteiger partial charge is 0.124 e. The number of aryl methyl sites for hydroxylation is 1. The molecule has 1 aliphatic heterocycles. The van der Waals surface area contributed by atoms with Gasteiger partial charge in [0.25, 0.3) is 0 Å². The van der Waals surface area contributed by atoms with E-state index >= 15 is 0 Å². The van der Waals surface area contributed by atoms with Crippen molar-refractivity contribution in [2.75, 3.05) is 38.1 Å². The highest BCUT2D eigenvalue weighted by Gasteiger charge is 2.13. The van der Waals surface area contributed by atoms with Gasteiger partial charge in [-0.25, -0.2) is 4.98 Å². The molecule has 0 atom stereocenters. The van der Waals surface area contributed by atoms with Crippen molar-refractivity contribution in [3.63, 3.8) is 0 Å². The van der Waals surface area contributed by atoms with Crippen molar-refractivity contribution in [2.45, 2.75) is 33.1 Å². The highest BCUT2D eigenvalue weighted by Crippen LogP contribution is 2.34. The van der Waals surface area contributed by atoms with Gasteiger partial charge in [-0.2, -0.15) is 0 Å². The van der Waals surface area contributed by atoms with Crippen molar-refractivity contribution >= 4 is 27.5 Å². The van der Waals surface area contributed by atoms with Crippen LogP contribution in [0.1, 0.15) is 31.7 Å². The highest BCUT2D eigenvalue weighted by molar-refractivity contribution is 6.07. The Balaban J connectivity index is 1.59. The maximum atomic E-state index is 6.13. The summed E-state index contributed by atoms with van der Waals surface area (Å²) in [6.45, 7) is 9.54. The Morgan fingerprint density at radius 2 is 1.89 bits per heavy atom. The number of hydrogen-bond acceptors (Lipinski definition) is 4. The number of nitrogens with zero attached hydrogens (tertiary/aromatic N) is 2. The number of likely N-dealkylation sites (tertiary alicyclic amines) is 1. The number of ether oxygens (including phenoxy) is 1. The molecule has 1 aromatic heterocycles. The molecule has 0 radical (unpaired) electrons. The first-order valence-electron chi connectivity index (χ1n) is 10.2. The summed E-state index contributed by atoms with van der Waals surface area (Å²) in [6, 6.07) is 12.6. The molecule has 4 nitrogen and oxygen atoms in total. The number of nitrogens with one attached hydrogen (secondary N) is 1. The minimum Gasteiger partial charge on any atom is -0.493 e. The Kier molecular flexibility index (Phi) is 5.44. The number of fused-ring (bicyclic) bond motifs is 2. The largest absolute Gasteiger partial charge is 0.493 e. The molecule has 2 heterocycles. The van der Waals surface area contributed by atoms with Crippen LogP contribution in [-0.2, 0) is 0 Å². The Hall–Kier alpha value is -2.33. The molecular weight excluding hydrogens is 334 g/mol. The third kappa shape index (κ3) is 3.86. The van der Waals surface area contributed by atoms with E-state index in [1.807, 2.05) is 6.07 Å². The van der Waals surface area contributed by atoms with Gasteiger partial charge < -0.3 is 15.0 Å². The third-order valence-electron chi connectivity index (χ3n) is 5.41. The number of anilines is 1. The topological polar surface area (TPSA) is 37.4 Å². The van der Waals surface area contributed by atoms with Gasteiger partial charge in [0.05, 0.1) is 23.3 Å². The van der Waals surface area contributed by atoms with Gasteiger partial charge in [-0.15, -0.1) is 0 Å². The zero-order chi connectivity index (χ0) is 18.6. The molecule has 4 heteroatoms. The second kappa shape index (κ2) is 8.13. The fraction of sp³-hybridized carbons (Fsp3) is 0.435. The number of para-hydroxylation sites is 1. The predicted molar refractivity (Wildman–Crippen MR) is 114 cm³/mol. The molecule has 0 bridgehead atoms. The van der Waals surface area contributed by atoms with E-state index in [1.165, 1.54) is 42.6 Å². The molecule has 1 saturated heterocycles. The molecule has 3 aromatic rings. The summed E-state index contributed by atoms with van der Waals surface area (Å²) >= 11 is 0. The van der Waals surface area contributed by atoms with Gasteiger partial charge in [0.15, 0.2) is 0 Å². The molecule has 1 N–H and O–H groups in total. The van der Waals surface area contributed by atoms with Gasteiger partial charge in [-0.05, 0) is 63.9 Å². The molecule has 0 spiro atoms. The van der Waals surface area contributed by atoms with Crippen LogP contribution < -0.4 is 10.1 Å². The van der Waals surface area contributed by atoms with Gasteiger partial charge in [-0.3, -0.25) is 0 Å². The predicted octanol–water partition coefficient (Wildman–Crippen LogP) is 4.99. The normalized spacial score (nSPS) is 14.9. The second-order valence-electron chi connectivity index (χ2n) is 7.42. The van der Waals surface area contributed by atoms with Crippen molar-refractivity contribution in [2.24, 2.45) is 0 Å². The van der Waals surface area contributed by atoms with Crippen LogP contribution in [-0.4, -0.2) is 42.7 Å². The summed E-state index contributed by atoms with van der Waals surface area (Å²) in [5.74, 6) is 0.953. The van der Waals surface area contributed by atoms with Gasteiger partial charge in [0.1, 0.15) is 5.75 Å². The molecule has 2 aromatic carbocycles. The Morgan fingerprint density at radius 3 is 2.70 bits per heavy atom. The highest BCUT2D eigenvalue weighted by atomic mass is 16.5. The standard InChI is InChI=1S/C23H29N3O/c1-3-24-23-18-9-4-5-10-20(18)25-21-16-22(17(2)15-19(21)23)27-14-8-13-26-11-6-7-12-26/h4-5,9-10,15-16H,3,6-8,11-14H2,1-2H3,(H,24,25). The van der Waals surface area contributed by atoms with E-state index in [-0.39, 0.29) is 0 Å². The molecule has 0 unspecified atom stereocenters.